The summed E-state index contributed by atoms with van der Waals surface area (Å²) in [4.78, 5) is 4.48. The molecule has 0 saturated heterocycles. The molecule has 12 aromatic carbocycles. The highest BCUT2D eigenvalue weighted by molar-refractivity contribution is 6.23. The van der Waals surface area contributed by atoms with E-state index >= 15 is 8.78 Å². The monoisotopic (exact) mass is 1090 g/mol. The number of anilines is 6. The van der Waals surface area contributed by atoms with Gasteiger partial charge in [-0.1, -0.05) is 217 Å². The topological polar surface area (TPSA) is 19.6 Å². The minimum atomic E-state index is -0.924. The number of para-hydroxylation sites is 1. The van der Waals surface area contributed by atoms with Gasteiger partial charge in [-0.2, -0.15) is 0 Å². The van der Waals surface area contributed by atoms with Gasteiger partial charge in [0.25, 0.3) is 0 Å². The highest BCUT2D eigenvalue weighted by atomic mass is 19.1. The van der Waals surface area contributed by atoms with E-state index in [0.29, 0.717) is 22.5 Å². The lowest BCUT2D eigenvalue weighted by Crippen LogP contribution is -2.26. The maximum atomic E-state index is 17.2. The molecule has 15 rings (SSSR count). The molecule has 84 heavy (non-hydrogen) atoms. The number of benzene rings is 12. The van der Waals surface area contributed by atoms with E-state index < -0.39 is 5.41 Å². The molecule has 0 radical (unpaired) electrons. The second-order valence-electron chi connectivity index (χ2n) is 24.7. The first kappa shape index (κ1) is 51.1. The molecule has 0 atom stereocenters. The molecule has 3 nitrogen and oxygen atoms in total. The molecule has 5 heteroatoms. The second-order valence-corrected chi connectivity index (χ2v) is 24.7. The molecule has 1 heterocycles. The summed E-state index contributed by atoms with van der Waals surface area (Å²) in [5, 5.41) is 3.89. The van der Waals surface area contributed by atoms with Crippen LogP contribution in [0.15, 0.2) is 259 Å². The molecule has 2 aliphatic rings. The summed E-state index contributed by atoms with van der Waals surface area (Å²) < 4.78 is 41.9. The molecular weight excluding hydrogens is 1030 g/mol. The molecule has 1 spiro atoms. The second kappa shape index (κ2) is 19.1. The molecule has 0 saturated carbocycles. The Morgan fingerprint density at radius 2 is 0.762 bits per heavy atom. The molecule has 0 bridgehead atoms. The van der Waals surface area contributed by atoms with Crippen LogP contribution in [-0.2, 0) is 16.2 Å². The quantitative estimate of drug-likeness (QED) is 0.151. The fraction of sp³-hybridized carbons (Fsp3) is 0.114. The van der Waals surface area contributed by atoms with Crippen LogP contribution in [0, 0.1) is 11.6 Å². The Kier molecular flexibility index (Phi) is 11.6. The third-order valence-electron chi connectivity index (χ3n) is 17.7. The van der Waals surface area contributed by atoms with Crippen molar-refractivity contribution in [1.82, 2.24) is 0 Å². The van der Waals surface area contributed by atoms with Crippen LogP contribution in [0.3, 0.4) is 0 Å². The maximum Gasteiger partial charge on any atom is 0.145 e. The third kappa shape index (κ3) is 7.82. The maximum absolute atomic E-state index is 17.2. The van der Waals surface area contributed by atoms with Gasteiger partial charge in [0.2, 0.25) is 0 Å². The molecule has 13 aromatic rings. The van der Waals surface area contributed by atoms with Crippen molar-refractivity contribution in [3.05, 3.63) is 300 Å². The SMILES string of the molecule is CC(C)(C)c1ccc(N(c2ccc(-c3ccccc3)c(F)c2)c2cc3c(c4ccccc24)-c2c(cc(N(c4ccc(C(C)(C)C)cc4)c4ccc(-c5ccccc5)c(F)c4)c4c2oc2ccccc24)C32c3ccccc3-c3ccccc32)cc1. The Balaban J connectivity index is 1.07. The van der Waals surface area contributed by atoms with Crippen LogP contribution in [0.25, 0.3) is 77.2 Å². The van der Waals surface area contributed by atoms with Crippen molar-refractivity contribution >= 4 is 66.8 Å². The van der Waals surface area contributed by atoms with E-state index in [9.17, 15) is 0 Å². The number of fused-ring (bicyclic) bond motifs is 16. The molecule has 2 aliphatic carbocycles. The van der Waals surface area contributed by atoms with Gasteiger partial charge in [0, 0.05) is 50.2 Å². The average Bonchev–Trinajstić information content (AvgIpc) is 1.56. The molecule has 0 aliphatic heterocycles. The predicted octanol–water partition coefficient (Wildman–Crippen LogP) is 22.2. The van der Waals surface area contributed by atoms with Crippen molar-refractivity contribution in [2.75, 3.05) is 9.80 Å². The summed E-state index contributed by atoms with van der Waals surface area (Å²) in [6, 6.07) is 87.8. The van der Waals surface area contributed by atoms with Crippen LogP contribution >= 0.6 is 0 Å². The van der Waals surface area contributed by atoms with E-state index in [1.807, 2.05) is 84.9 Å². The van der Waals surface area contributed by atoms with Gasteiger partial charge in [0.1, 0.15) is 22.8 Å². The molecule has 0 fully saturated rings. The van der Waals surface area contributed by atoms with Gasteiger partial charge in [-0.25, -0.2) is 8.78 Å². The van der Waals surface area contributed by atoms with Crippen LogP contribution in [0.2, 0.25) is 0 Å². The van der Waals surface area contributed by atoms with Crippen molar-refractivity contribution in [3.63, 3.8) is 0 Å². The minimum Gasteiger partial charge on any atom is -0.455 e. The van der Waals surface area contributed by atoms with Crippen LogP contribution < -0.4 is 9.80 Å². The van der Waals surface area contributed by atoms with Gasteiger partial charge in [0.05, 0.1) is 22.2 Å². The fourth-order valence-corrected chi connectivity index (χ4v) is 13.7. The van der Waals surface area contributed by atoms with Crippen molar-refractivity contribution < 1.29 is 13.2 Å². The highest BCUT2D eigenvalue weighted by Crippen LogP contribution is 2.67. The van der Waals surface area contributed by atoms with E-state index in [1.54, 1.807) is 12.1 Å². The lowest BCUT2D eigenvalue weighted by Gasteiger charge is -2.34. The van der Waals surface area contributed by atoms with Crippen molar-refractivity contribution in [1.29, 1.82) is 0 Å². The van der Waals surface area contributed by atoms with Crippen LogP contribution in [-0.4, -0.2) is 0 Å². The summed E-state index contributed by atoms with van der Waals surface area (Å²) in [5.41, 5.74) is 19.1. The van der Waals surface area contributed by atoms with E-state index in [4.69, 9.17) is 4.42 Å². The minimum absolute atomic E-state index is 0.0967. The van der Waals surface area contributed by atoms with E-state index in [0.717, 1.165) is 111 Å². The first-order valence-electron chi connectivity index (χ1n) is 29.0. The van der Waals surface area contributed by atoms with Crippen molar-refractivity contribution in [3.8, 4) is 44.5 Å². The van der Waals surface area contributed by atoms with Gasteiger partial charge in [-0.05, 0) is 156 Å². The molecule has 0 N–H and O–H groups in total. The Bertz CT molecular complexity index is 4710. The number of hydrogen-bond donors (Lipinski definition) is 0. The highest BCUT2D eigenvalue weighted by Gasteiger charge is 2.54. The van der Waals surface area contributed by atoms with E-state index in [-0.39, 0.29) is 22.5 Å². The normalized spacial score (nSPS) is 13.1. The number of halogens is 2. The van der Waals surface area contributed by atoms with Crippen molar-refractivity contribution in [2.45, 2.75) is 57.8 Å². The summed E-state index contributed by atoms with van der Waals surface area (Å²) in [6.07, 6.45) is 0. The van der Waals surface area contributed by atoms with Crippen LogP contribution in [0.1, 0.15) is 74.9 Å². The zero-order valence-corrected chi connectivity index (χ0v) is 47.8. The average molecular weight is 1090 g/mol. The zero-order chi connectivity index (χ0) is 57.2. The standard InChI is InChI=1S/C79H60F2N2O/c1-77(2,3)51-33-37-53(38-34-51)82(55-41-43-57(68(80)45-55)49-21-9-7-10-22-49)70-47-66-73(62-28-14-13-27-61(62)70)75-67(79(66)64-30-18-15-25-59(64)60-26-16-19-31-65(60)79)48-71(74-63-29-17-20-32-72(63)84-76(74)75)83(54-39-35-52(36-40-54)78(4,5)6)56-42-44-58(69(81)46-56)50-23-11-8-12-24-50/h7-48H,1-6H3. The number of nitrogens with zero attached hydrogens (tertiary/aromatic N) is 2. The summed E-state index contributed by atoms with van der Waals surface area (Å²) in [6.45, 7) is 13.4. The van der Waals surface area contributed by atoms with Gasteiger partial charge >= 0.3 is 0 Å². The molecule has 0 amide bonds. The molecule has 1 aromatic heterocycles. The number of hydrogen-bond acceptors (Lipinski definition) is 3. The van der Waals surface area contributed by atoms with Gasteiger partial charge in [-0.3, -0.25) is 0 Å². The summed E-state index contributed by atoms with van der Waals surface area (Å²) in [7, 11) is 0. The Labute approximate surface area is 489 Å². The van der Waals surface area contributed by atoms with E-state index in [2.05, 4.69) is 209 Å². The number of rotatable bonds is 8. The molecule has 0 unspecified atom stereocenters. The summed E-state index contributed by atoms with van der Waals surface area (Å²) >= 11 is 0. The lowest BCUT2D eigenvalue weighted by molar-refractivity contribution is 0.590. The largest absolute Gasteiger partial charge is 0.455 e. The Hall–Kier alpha value is -9.84. The first-order valence-corrected chi connectivity index (χ1v) is 29.0. The van der Waals surface area contributed by atoms with Gasteiger partial charge in [0.15, 0.2) is 0 Å². The molecular formula is C79H60F2N2O. The third-order valence-corrected chi connectivity index (χ3v) is 17.7. The predicted molar refractivity (Wildman–Crippen MR) is 345 cm³/mol. The number of furan rings is 1. The summed E-state index contributed by atoms with van der Waals surface area (Å²) in [5.74, 6) is -0.631. The molecule has 406 valence electrons. The van der Waals surface area contributed by atoms with Crippen molar-refractivity contribution in [2.24, 2.45) is 0 Å². The van der Waals surface area contributed by atoms with Gasteiger partial charge < -0.3 is 14.2 Å². The first-order chi connectivity index (χ1) is 40.8. The van der Waals surface area contributed by atoms with Crippen LogP contribution in [0.4, 0.5) is 42.9 Å². The van der Waals surface area contributed by atoms with Crippen LogP contribution in [0.5, 0.6) is 0 Å². The van der Waals surface area contributed by atoms with Gasteiger partial charge in [-0.15, -0.1) is 0 Å². The Morgan fingerprint density at radius 3 is 1.27 bits per heavy atom. The zero-order valence-electron chi connectivity index (χ0n) is 47.8. The smallest absolute Gasteiger partial charge is 0.145 e. The Morgan fingerprint density at radius 1 is 0.345 bits per heavy atom. The fourth-order valence-electron chi connectivity index (χ4n) is 13.7. The lowest BCUT2D eigenvalue weighted by atomic mass is 9.70. The van der Waals surface area contributed by atoms with E-state index in [1.165, 1.54) is 11.1 Å².